The van der Waals surface area contributed by atoms with E-state index in [1.165, 1.54) is 22.3 Å². The molecule has 21 heavy (non-hydrogen) atoms. The summed E-state index contributed by atoms with van der Waals surface area (Å²) in [7, 11) is 0. The highest BCUT2D eigenvalue weighted by Crippen LogP contribution is 2.29. The highest BCUT2D eigenvalue weighted by molar-refractivity contribution is 5.83. The number of hydrogen-bond donors (Lipinski definition) is 0. The van der Waals surface area contributed by atoms with Crippen LogP contribution in [0.25, 0.3) is 0 Å². The third-order valence-electron chi connectivity index (χ3n) is 4.02. The van der Waals surface area contributed by atoms with Crippen molar-refractivity contribution in [3.63, 3.8) is 0 Å². The minimum absolute atomic E-state index is 0.177. The number of benzene rings is 1. The monoisotopic (exact) mass is 287 g/mol. The van der Waals surface area contributed by atoms with Gasteiger partial charge in [0.2, 0.25) is 0 Å². The Kier molecular flexibility index (Phi) is 6.19. The summed E-state index contributed by atoms with van der Waals surface area (Å²) >= 11 is 0. The van der Waals surface area contributed by atoms with Crippen molar-refractivity contribution in [1.29, 1.82) is 0 Å². The molecule has 0 saturated heterocycles. The molecular weight excluding hydrogens is 254 g/mol. The van der Waals surface area contributed by atoms with E-state index in [1.54, 1.807) is 0 Å². The average Bonchev–Trinajstić information content (AvgIpc) is 2.36. The Hall–Kier alpha value is -1.11. The maximum Gasteiger partial charge on any atom is 0.0469 e. The maximum atomic E-state index is 4.69. The number of hydrogen-bond acceptors (Lipinski definition) is 1. The smallest absolute Gasteiger partial charge is 0.0469 e. The topological polar surface area (TPSA) is 12.4 Å². The van der Waals surface area contributed by atoms with E-state index in [4.69, 9.17) is 4.99 Å². The van der Waals surface area contributed by atoms with Crippen LogP contribution in [0.5, 0.6) is 0 Å². The summed E-state index contributed by atoms with van der Waals surface area (Å²) in [4.78, 5) is 4.69. The van der Waals surface area contributed by atoms with E-state index in [2.05, 4.69) is 73.7 Å². The van der Waals surface area contributed by atoms with Gasteiger partial charge in [-0.25, -0.2) is 0 Å². The first-order chi connectivity index (χ1) is 9.65. The maximum absolute atomic E-state index is 4.69. The summed E-state index contributed by atoms with van der Waals surface area (Å²) in [5.74, 6) is 0.680. The Morgan fingerprint density at radius 2 is 1.76 bits per heavy atom. The molecule has 0 aliphatic rings. The Balaban J connectivity index is 3.31. The molecule has 0 N–H and O–H groups in total. The van der Waals surface area contributed by atoms with Crippen LogP contribution < -0.4 is 0 Å². The van der Waals surface area contributed by atoms with E-state index >= 15 is 0 Å². The summed E-state index contributed by atoms with van der Waals surface area (Å²) in [6, 6.07) is 5.13. The third-order valence-corrected chi connectivity index (χ3v) is 4.02. The average molecular weight is 287 g/mol. The van der Waals surface area contributed by atoms with Crippen LogP contribution in [0.2, 0.25) is 0 Å². The zero-order chi connectivity index (χ0) is 16.2. The zero-order valence-corrected chi connectivity index (χ0v) is 15.2. The largest absolute Gasteiger partial charge is 0.290 e. The molecular formula is C20H33N. The highest BCUT2D eigenvalue weighted by Gasteiger charge is 2.19. The molecule has 0 heterocycles. The predicted octanol–water partition coefficient (Wildman–Crippen LogP) is 5.71. The van der Waals surface area contributed by atoms with Crippen molar-refractivity contribution in [2.45, 2.75) is 79.7 Å². The number of nitrogens with zero attached hydrogens (tertiary/aromatic N) is 1. The Labute approximate surface area is 131 Å². The van der Waals surface area contributed by atoms with Gasteiger partial charge in [0.25, 0.3) is 0 Å². The van der Waals surface area contributed by atoms with Crippen molar-refractivity contribution in [3.05, 3.63) is 34.4 Å². The second-order valence-electron chi connectivity index (χ2n) is 7.74. The fraction of sp³-hybridized carbons (Fsp3) is 0.650. The molecule has 1 rings (SSSR count). The molecule has 1 aromatic rings. The Morgan fingerprint density at radius 3 is 2.24 bits per heavy atom. The van der Waals surface area contributed by atoms with Crippen LogP contribution in [0.15, 0.2) is 17.1 Å². The van der Waals surface area contributed by atoms with E-state index in [-0.39, 0.29) is 5.41 Å². The van der Waals surface area contributed by atoms with Crippen molar-refractivity contribution >= 4 is 6.21 Å². The second-order valence-corrected chi connectivity index (χ2v) is 7.74. The molecule has 0 aliphatic carbocycles. The quantitative estimate of drug-likeness (QED) is 0.615. The summed E-state index contributed by atoms with van der Waals surface area (Å²) in [5, 5.41) is 0. The van der Waals surface area contributed by atoms with E-state index in [1.807, 2.05) is 0 Å². The van der Waals surface area contributed by atoms with Crippen LogP contribution in [0.3, 0.4) is 0 Å². The Bertz CT molecular complexity index is 489. The van der Waals surface area contributed by atoms with Crippen molar-refractivity contribution < 1.29 is 0 Å². The minimum Gasteiger partial charge on any atom is -0.290 e. The predicted molar refractivity (Wildman–Crippen MR) is 95.8 cm³/mol. The molecule has 1 aromatic carbocycles. The molecule has 0 bridgehead atoms. The van der Waals surface area contributed by atoms with E-state index in [0.29, 0.717) is 12.0 Å². The number of aliphatic imine (C=N–C) groups is 1. The van der Waals surface area contributed by atoms with Gasteiger partial charge < -0.3 is 0 Å². The SMILES string of the molecule is CCC(C)N=Cc1cc(CC(C)C)cc(C(C)(C)C)c1C. The standard InChI is InChI=1S/C20H33N/c1-9-15(4)21-13-18-11-17(10-14(2)3)12-19(16(18)5)20(6,7)8/h11-15H,9-10H2,1-8H3. The molecule has 0 aromatic heterocycles. The molecule has 1 nitrogen and oxygen atoms in total. The van der Waals surface area contributed by atoms with Gasteiger partial charge in [0, 0.05) is 12.3 Å². The van der Waals surface area contributed by atoms with Crippen LogP contribution in [0.4, 0.5) is 0 Å². The molecule has 1 unspecified atom stereocenters. The summed E-state index contributed by atoms with van der Waals surface area (Å²) in [6.07, 6.45) is 4.31. The molecule has 1 heteroatoms. The highest BCUT2D eigenvalue weighted by atomic mass is 14.7. The third kappa shape index (κ3) is 5.30. The lowest BCUT2D eigenvalue weighted by Gasteiger charge is -2.24. The molecule has 0 saturated carbocycles. The molecule has 0 spiro atoms. The van der Waals surface area contributed by atoms with Crippen molar-refractivity contribution in [2.24, 2.45) is 10.9 Å². The van der Waals surface area contributed by atoms with Crippen molar-refractivity contribution in [1.82, 2.24) is 0 Å². The summed E-state index contributed by atoms with van der Waals surface area (Å²) in [6.45, 7) is 18.0. The number of rotatable bonds is 5. The normalized spacial score (nSPS) is 14.1. The molecule has 0 fully saturated rings. The van der Waals surface area contributed by atoms with Crippen LogP contribution in [-0.2, 0) is 11.8 Å². The molecule has 0 amide bonds. The molecule has 0 aliphatic heterocycles. The van der Waals surface area contributed by atoms with Gasteiger partial charge in [0.05, 0.1) is 0 Å². The molecule has 118 valence electrons. The van der Waals surface area contributed by atoms with Crippen LogP contribution in [0.1, 0.15) is 77.1 Å². The van der Waals surface area contributed by atoms with Gasteiger partial charge in [-0.15, -0.1) is 0 Å². The van der Waals surface area contributed by atoms with Gasteiger partial charge in [-0.05, 0) is 66.3 Å². The Morgan fingerprint density at radius 1 is 1.14 bits per heavy atom. The second kappa shape index (κ2) is 7.24. The van der Waals surface area contributed by atoms with Crippen molar-refractivity contribution in [3.8, 4) is 0 Å². The minimum atomic E-state index is 0.177. The van der Waals surface area contributed by atoms with Crippen LogP contribution in [0, 0.1) is 12.8 Å². The summed E-state index contributed by atoms with van der Waals surface area (Å²) in [5.41, 5.74) is 5.73. The first-order valence-electron chi connectivity index (χ1n) is 8.32. The lowest BCUT2D eigenvalue weighted by Crippen LogP contribution is -2.15. The van der Waals surface area contributed by atoms with E-state index < -0.39 is 0 Å². The lowest BCUT2D eigenvalue weighted by atomic mass is 9.81. The van der Waals surface area contributed by atoms with Gasteiger partial charge in [-0.2, -0.15) is 0 Å². The zero-order valence-electron chi connectivity index (χ0n) is 15.2. The first kappa shape index (κ1) is 17.9. The van der Waals surface area contributed by atoms with Gasteiger partial charge >= 0.3 is 0 Å². The summed E-state index contributed by atoms with van der Waals surface area (Å²) < 4.78 is 0. The van der Waals surface area contributed by atoms with Crippen molar-refractivity contribution in [2.75, 3.05) is 0 Å². The fourth-order valence-electron chi connectivity index (χ4n) is 2.61. The van der Waals surface area contributed by atoms with E-state index in [0.717, 1.165) is 12.8 Å². The molecule has 1 atom stereocenters. The van der Waals surface area contributed by atoms with Gasteiger partial charge in [-0.1, -0.05) is 47.6 Å². The van der Waals surface area contributed by atoms with Gasteiger partial charge in [0.1, 0.15) is 0 Å². The van der Waals surface area contributed by atoms with Crippen LogP contribution >= 0.6 is 0 Å². The van der Waals surface area contributed by atoms with Crippen LogP contribution in [-0.4, -0.2) is 12.3 Å². The molecule has 0 radical (unpaired) electrons. The lowest BCUT2D eigenvalue weighted by molar-refractivity contribution is 0.582. The van der Waals surface area contributed by atoms with E-state index in [9.17, 15) is 0 Å². The van der Waals surface area contributed by atoms with Gasteiger partial charge in [-0.3, -0.25) is 4.99 Å². The van der Waals surface area contributed by atoms with Gasteiger partial charge in [0.15, 0.2) is 0 Å². The fourth-order valence-corrected chi connectivity index (χ4v) is 2.61. The first-order valence-corrected chi connectivity index (χ1v) is 8.32.